The zero-order chi connectivity index (χ0) is 59.8. The van der Waals surface area contributed by atoms with Crippen molar-refractivity contribution in [1.82, 2.24) is 5.32 Å². The van der Waals surface area contributed by atoms with E-state index in [4.69, 9.17) is 9.05 Å². The monoisotopic (exact) mass is 1170 g/mol. The maximum Gasteiger partial charge on any atom is 0.268 e. The van der Waals surface area contributed by atoms with E-state index in [0.29, 0.717) is 17.4 Å². The van der Waals surface area contributed by atoms with Crippen LogP contribution in [0.15, 0.2) is 60.8 Å². The molecule has 2 N–H and O–H groups in total. The number of phosphoric acid groups is 1. The molecule has 0 aliphatic rings. The second-order valence-electron chi connectivity index (χ2n) is 25.6. The van der Waals surface area contributed by atoms with Crippen molar-refractivity contribution in [3.63, 3.8) is 0 Å². The van der Waals surface area contributed by atoms with Gasteiger partial charge in [-0.05, 0) is 77.0 Å². The molecule has 0 aromatic rings. The van der Waals surface area contributed by atoms with Gasteiger partial charge >= 0.3 is 0 Å². The number of unbranched alkanes of at least 4 members (excludes halogenated alkanes) is 45. The van der Waals surface area contributed by atoms with Crippen molar-refractivity contribution in [1.29, 1.82) is 0 Å². The highest BCUT2D eigenvalue weighted by Gasteiger charge is 2.23. The lowest BCUT2D eigenvalue weighted by Crippen LogP contribution is -2.45. The van der Waals surface area contributed by atoms with Gasteiger partial charge in [0.2, 0.25) is 5.91 Å². The molecule has 0 aliphatic heterocycles. The van der Waals surface area contributed by atoms with E-state index in [0.717, 1.165) is 51.4 Å². The summed E-state index contributed by atoms with van der Waals surface area (Å²) in [6.07, 6.45) is 87.9. The van der Waals surface area contributed by atoms with Gasteiger partial charge in [-0.25, -0.2) is 0 Å². The average Bonchev–Trinajstić information content (AvgIpc) is 3.47. The predicted molar refractivity (Wildman–Crippen MR) is 357 cm³/mol. The van der Waals surface area contributed by atoms with Gasteiger partial charge in [0.25, 0.3) is 7.82 Å². The van der Waals surface area contributed by atoms with Crippen molar-refractivity contribution in [2.24, 2.45) is 0 Å². The molecule has 0 aromatic heterocycles. The van der Waals surface area contributed by atoms with Gasteiger partial charge in [0, 0.05) is 6.42 Å². The summed E-state index contributed by atoms with van der Waals surface area (Å²) < 4.78 is 23.4. The number of amides is 1. The summed E-state index contributed by atoms with van der Waals surface area (Å²) in [5.41, 5.74) is 0. The lowest BCUT2D eigenvalue weighted by atomic mass is 10.0. The maximum atomic E-state index is 13.0. The Morgan fingerprint density at radius 1 is 0.427 bits per heavy atom. The number of nitrogens with one attached hydrogen (secondary N) is 1. The van der Waals surface area contributed by atoms with Gasteiger partial charge in [-0.15, -0.1) is 0 Å². The van der Waals surface area contributed by atoms with E-state index in [1.165, 1.54) is 276 Å². The Morgan fingerprint density at radius 3 is 1.06 bits per heavy atom. The van der Waals surface area contributed by atoms with Gasteiger partial charge in [-0.2, -0.15) is 0 Å². The molecule has 0 saturated carbocycles. The van der Waals surface area contributed by atoms with E-state index in [-0.39, 0.29) is 12.5 Å². The van der Waals surface area contributed by atoms with Gasteiger partial charge in [-0.1, -0.05) is 325 Å². The SMILES string of the molecule is CCCCCCC/C=C\C/C=C\CCCCCCCCCCCCCCCCCCCCCCCC(=O)NC(COP(=O)([O-])OCC[N+](C)(C)C)C(O)/C=C/CC/C=C/CC/C=C/CCCCCCCCCCCCCCCCCCC. The fourth-order valence-corrected chi connectivity index (χ4v) is 11.4. The van der Waals surface area contributed by atoms with Crippen molar-refractivity contribution < 1.29 is 32.9 Å². The first kappa shape index (κ1) is 80.2. The summed E-state index contributed by atoms with van der Waals surface area (Å²) in [6, 6.07) is -0.912. The van der Waals surface area contributed by atoms with Crippen LogP contribution in [-0.4, -0.2) is 68.5 Å². The molecule has 0 bridgehead atoms. The van der Waals surface area contributed by atoms with Crippen LogP contribution in [0.25, 0.3) is 0 Å². The van der Waals surface area contributed by atoms with Crippen molar-refractivity contribution >= 4 is 13.7 Å². The molecule has 3 atom stereocenters. The quantitative estimate of drug-likeness (QED) is 0.0272. The highest BCUT2D eigenvalue weighted by Crippen LogP contribution is 2.38. The lowest BCUT2D eigenvalue weighted by molar-refractivity contribution is -0.870. The summed E-state index contributed by atoms with van der Waals surface area (Å²) in [5.74, 6) is -0.206. The zero-order valence-corrected chi connectivity index (χ0v) is 56.1. The Hall–Kier alpha value is -1.80. The molecule has 82 heavy (non-hydrogen) atoms. The summed E-state index contributed by atoms with van der Waals surface area (Å²) in [4.78, 5) is 25.6. The molecular weight excluding hydrogens is 1030 g/mol. The molecule has 0 heterocycles. The minimum absolute atomic E-state index is 0.00878. The summed E-state index contributed by atoms with van der Waals surface area (Å²) in [6.45, 7) is 4.66. The second kappa shape index (κ2) is 63.7. The van der Waals surface area contributed by atoms with E-state index < -0.39 is 26.6 Å². The van der Waals surface area contributed by atoms with Crippen molar-refractivity contribution in [3.05, 3.63) is 60.8 Å². The van der Waals surface area contributed by atoms with Crippen molar-refractivity contribution in [2.75, 3.05) is 40.9 Å². The van der Waals surface area contributed by atoms with Gasteiger partial charge in [0.15, 0.2) is 0 Å². The average molecular weight is 1170 g/mol. The number of aliphatic hydroxyl groups excluding tert-OH is 1. The van der Waals surface area contributed by atoms with Gasteiger partial charge in [0.05, 0.1) is 39.9 Å². The Labute approximate surface area is 511 Å². The molecule has 1 amide bonds. The molecule has 3 unspecified atom stereocenters. The largest absolute Gasteiger partial charge is 0.756 e. The van der Waals surface area contributed by atoms with Crippen LogP contribution in [0.4, 0.5) is 0 Å². The smallest absolute Gasteiger partial charge is 0.268 e. The fraction of sp³-hybridized carbons (Fsp3) is 0.849. The van der Waals surface area contributed by atoms with Crippen LogP contribution in [0.2, 0.25) is 0 Å². The second-order valence-corrected chi connectivity index (χ2v) is 27.0. The van der Waals surface area contributed by atoms with Gasteiger partial charge in [-0.3, -0.25) is 9.36 Å². The van der Waals surface area contributed by atoms with E-state index in [1.807, 2.05) is 27.2 Å². The number of rotatable bonds is 66. The van der Waals surface area contributed by atoms with Crippen LogP contribution in [0.5, 0.6) is 0 Å². The maximum absolute atomic E-state index is 13.0. The van der Waals surface area contributed by atoms with E-state index in [2.05, 4.69) is 67.8 Å². The first-order valence-electron chi connectivity index (χ1n) is 35.7. The zero-order valence-electron chi connectivity index (χ0n) is 55.2. The third kappa shape index (κ3) is 65.7. The first-order valence-corrected chi connectivity index (χ1v) is 37.1. The molecular formula is C73H139N2O6P. The van der Waals surface area contributed by atoms with Gasteiger partial charge < -0.3 is 28.8 Å². The van der Waals surface area contributed by atoms with Crippen LogP contribution in [0, 0.1) is 0 Å². The molecule has 0 saturated heterocycles. The standard InChI is InChI=1S/C73H139N2O6P/c1-6-8-10-12-14-16-18-20-22-24-26-28-30-32-34-35-36-37-38-39-41-43-45-47-49-51-53-55-57-59-61-63-65-67-73(77)74-71(70-81-82(78,79)80-69-68-75(3,4)5)72(76)66-64-62-60-58-56-54-52-50-48-46-44-42-40-33-31-29-27-25-23-21-19-17-15-13-11-9-7-2/h18,20,24,26,48,50,56,58,64,66,71-72,76H,6-17,19,21-23,25,27-47,49,51-55,57,59-63,65,67-70H2,1-5H3,(H-,74,77,78,79)/b20-18-,26-24-,50-48+,58-56+,66-64+. The van der Waals surface area contributed by atoms with Crippen LogP contribution in [0.3, 0.4) is 0 Å². The Kier molecular flexibility index (Phi) is 62.3. The summed E-state index contributed by atoms with van der Waals surface area (Å²) in [5, 5.41) is 13.9. The highest BCUT2D eigenvalue weighted by molar-refractivity contribution is 7.45. The van der Waals surface area contributed by atoms with Crippen molar-refractivity contribution in [3.8, 4) is 0 Å². The number of nitrogens with zero attached hydrogens (tertiary/aromatic N) is 1. The number of phosphoric ester groups is 1. The minimum Gasteiger partial charge on any atom is -0.756 e. The molecule has 0 radical (unpaired) electrons. The highest BCUT2D eigenvalue weighted by atomic mass is 31.2. The number of aliphatic hydroxyl groups is 1. The first-order chi connectivity index (χ1) is 40.0. The van der Waals surface area contributed by atoms with E-state index >= 15 is 0 Å². The molecule has 9 heteroatoms. The van der Waals surface area contributed by atoms with Crippen LogP contribution in [-0.2, 0) is 18.4 Å². The predicted octanol–water partition coefficient (Wildman–Crippen LogP) is 22.1. The van der Waals surface area contributed by atoms with E-state index in [1.54, 1.807) is 6.08 Å². The number of allylic oxidation sites excluding steroid dienone is 9. The number of hydrogen-bond acceptors (Lipinski definition) is 6. The summed E-state index contributed by atoms with van der Waals surface area (Å²) in [7, 11) is 1.25. The van der Waals surface area contributed by atoms with Crippen LogP contribution < -0.4 is 10.2 Å². The van der Waals surface area contributed by atoms with Gasteiger partial charge in [0.1, 0.15) is 13.2 Å². The summed E-state index contributed by atoms with van der Waals surface area (Å²) >= 11 is 0. The third-order valence-corrected chi connectivity index (χ3v) is 17.1. The topological polar surface area (TPSA) is 108 Å². The molecule has 0 fully saturated rings. The lowest BCUT2D eigenvalue weighted by Gasteiger charge is -2.29. The third-order valence-electron chi connectivity index (χ3n) is 16.2. The molecule has 0 aliphatic carbocycles. The molecule has 0 spiro atoms. The van der Waals surface area contributed by atoms with Crippen LogP contribution in [0.1, 0.15) is 348 Å². The number of quaternary nitrogens is 1. The molecule has 0 rings (SSSR count). The van der Waals surface area contributed by atoms with Crippen molar-refractivity contribution in [2.45, 2.75) is 360 Å². The minimum atomic E-state index is -4.62. The Bertz CT molecular complexity index is 1520. The van der Waals surface area contributed by atoms with E-state index in [9.17, 15) is 19.4 Å². The normalized spacial score (nSPS) is 14.0. The molecule has 0 aromatic carbocycles. The molecule has 482 valence electrons. The molecule has 8 nitrogen and oxygen atoms in total. The fourth-order valence-electron chi connectivity index (χ4n) is 10.6. The van der Waals surface area contributed by atoms with Crippen LogP contribution >= 0.6 is 7.82 Å². The number of carbonyl (C=O) groups is 1. The number of carbonyl (C=O) groups excluding carboxylic acids is 1. The Balaban J connectivity index is 4.09. The number of hydrogen-bond donors (Lipinski definition) is 2. The Morgan fingerprint density at radius 2 is 0.720 bits per heavy atom. The number of likely N-dealkylation sites (N-methyl/N-ethyl adjacent to an activating group) is 1.